The summed E-state index contributed by atoms with van der Waals surface area (Å²) >= 11 is 0. The highest BCUT2D eigenvalue weighted by Gasteiger charge is 2.17. The first-order valence-corrected chi connectivity index (χ1v) is 8.09. The molecule has 1 heterocycles. The summed E-state index contributed by atoms with van der Waals surface area (Å²) in [5.41, 5.74) is -0.562. The second-order valence-corrected chi connectivity index (χ2v) is 5.69. The summed E-state index contributed by atoms with van der Waals surface area (Å²) in [6.07, 6.45) is 0. The first kappa shape index (κ1) is 19.4. The number of carbonyl (C=O) groups excluding carboxylic acids is 1. The molecule has 0 unspecified atom stereocenters. The van der Waals surface area contributed by atoms with Crippen LogP contribution in [0.25, 0.3) is 0 Å². The van der Waals surface area contributed by atoms with E-state index in [-0.39, 0.29) is 40.9 Å². The van der Waals surface area contributed by atoms with Gasteiger partial charge in [-0.2, -0.15) is 0 Å². The van der Waals surface area contributed by atoms with Crippen molar-refractivity contribution < 1.29 is 28.9 Å². The third-order valence-electron chi connectivity index (χ3n) is 3.76. The van der Waals surface area contributed by atoms with E-state index in [4.69, 9.17) is 9.15 Å². The third-order valence-corrected chi connectivity index (χ3v) is 3.76. The molecule has 0 fully saturated rings. The van der Waals surface area contributed by atoms with Gasteiger partial charge in [-0.1, -0.05) is 12.1 Å². The van der Waals surface area contributed by atoms with Gasteiger partial charge in [0, 0.05) is 12.1 Å². The number of nitrogens with zero attached hydrogens (tertiary/aromatic N) is 2. The van der Waals surface area contributed by atoms with E-state index in [9.17, 15) is 30.1 Å². The van der Waals surface area contributed by atoms with E-state index in [1.807, 2.05) is 0 Å². The molecule has 0 atom stereocenters. The molecule has 2 aromatic carbocycles. The summed E-state index contributed by atoms with van der Waals surface area (Å²) in [6, 6.07) is 11.9. The standard InChI is InChI=1S/C18H13N3O8/c22-15-9-11(20(24)25)5-7-13(15)19-18(23)17-8-6-12(29-17)10-28-16-4-2-1-3-14(16)21(26)27/h1-9,22H,10H2,(H,19,23). The van der Waals surface area contributed by atoms with Crippen LogP contribution in [0.2, 0.25) is 0 Å². The molecule has 0 aliphatic carbocycles. The number of furan rings is 1. The number of aromatic hydroxyl groups is 1. The number of phenolic OH excluding ortho intramolecular Hbond substituents is 1. The van der Waals surface area contributed by atoms with Gasteiger partial charge in [0.05, 0.1) is 21.6 Å². The van der Waals surface area contributed by atoms with Crippen molar-refractivity contribution >= 4 is 23.0 Å². The minimum atomic E-state index is -0.703. The van der Waals surface area contributed by atoms with E-state index in [1.165, 1.54) is 36.4 Å². The number of ether oxygens (including phenoxy) is 1. The maximum absolute atomic E-state index is 12.2. The van der Waals surface area contributed by atoms with Gasteiger partial charge in [-0.3, -0.25) is 25.0 Å². The molecule has 2 N–H and O–H groups in total. The van der Waals surface area contributed by atoms with Crippen molar-refractivity contribution in [1.82, 2.24) is 0 Å². The summed E-state index contributed by atoms with van der Waals surface area (Å²) in [4.78, 5) is 32.6. The van der Waals surface area contributed by atoms with E-state index in [0.29, 0.717) is 0 Å². The zero-order valence-electron chi connectivity index (χ0n) is 14.6. The second-order valence-electron chi connectivity index (χ2n) is 5.69. The predicted molar refractivity (Wildman–Crippen MR) is 98.9 cm³/mol. The van der Waals surface area contributed by atoms with Crippen LogP contribution in [0.3, 0.4) is 0 Å². The molecule has 1 aromatic heterocycles. The highest BCUT2D eigenvalue weighted by molar-refractivity contribution is 6.03. The molecular weight excluding hydrogens is 386 g/mol. The lowest BCUT2D eigenvalue weighted by molar-refractivity contribution is -0.386. The van der Waals surface area contributed by atoms with Crippen LogP contribution in [0, 0.1) is 20.2 Å². The fraction of sp³-hybridized carbons (Fsp3) is 0.0556. The Balaban J connectivity index is 1.66. The Kier molecular flexibility index (Phi) is 5.39. The van der Waals surface area contributed by atoms with Crippen LogP contribution < -0.4 is 10.1 Å². The number of non-ortho nitro benzene ring substituents is 1. The zero-order valence-corrected chi connectivity index (χ0v) is 14.6. The molecule has 0 saturated heterocycles. The molecule has 148 valence electrons. The fourth-order valence-corrected chi connectivity index (χ4v) is 2.38. The van der Waals surface area contributed by atoms with Gasteiger partial charge in [-0.25, -0.2) is 0 Å². The second kappa shape index (κ2) is 8.08. The summed E-state index contributed by atoms with van der Waals surface area (Å²) in [7, 11) is 0. The lowest BCUT2D eigenvalue weighted by atomic mass is 10.2. The first-order valence-electron chi connectivity index (χ1n) is 8.09. The number of nitrogens with one attached hydrogen (secondary N) is 1. The van der Waals surface area contributed by atoms with E-state index in [0.717, 1.165) is 12.1 Å². The first-order chi connectivity index (χ1) is 13.8. The highest BCUT2D eigenvalue weighted by Crippen LogP contribution is 2.29. The minimum absolute atomic E-state index is 0.0327. The zero-order chi connectivity index (χ0) is 21.0. The van der Waals surface area contributed by atoms with E-state index < -0.39 is 21.5 Å². The average Bonchev–Trinajstić information content (AvgIpc) is 3.17. The van der Waals surface area contributed by atoms with Crippen LogP contribution in [0.4, 0.5) is 17.1 Å². The number of hydrogen-bond donors (Lipinski definition) is 2. The molecule has 1 amide bonds. The minimum Gasteiger partial charge on any atom is -0.506 e. The van der Waals surface area contributed by atoms with Crippen LogP contribution in [0.15, 0.2) is 59.0 Å². The Morgan fingerprint density at radius 2 is 1.83 bits per heavy atom. The quantitative estimate of drug-likeness (QED) is 0.346. The Morgan fingerprint density at radius 1 is 1.07 bits per heavy atom. The van der Waals surface area contributed by atoms with Crippen LogP contribution >= 0.6 is 0 Å². The topological polar surface area (TPSA) is 158 Å². The molecule has 3 rings (SSSR count). The number of anilines is 1. The summed E-state index contributed by atoms with van der Waals surface area (Å²) < 4.78 is 10.7. The van der Waals surface area contributed by atoms with E-state index in [2.05, 4.69) is 5.32 Å². The number of nitro groups is 2. The van der Waals surface area contributed by atoms with Crippen LogP contribution in [-0.2, 0) is 6.61 Å². The molecule has 0 bridgehead atoms. The number of nitro benzene ring substituents is 2. The third kappa shape index (κ3) is 4.47. The molecular formula is C18H13N3O8. The number of carbonyl (C=O) groups is 1. The maximum Gasteiger partial charge on any atom is 0.310 e. The van der Waals surface area contributed by atoms with Gasteiger partial charge in [-0.15, -0.1) is 0 Å². The van der Waals surface area contributed by atoms with Crippen LogP contribution in [0.5, 0.6) is 11.5 Å². The van der Waals surface area contributed by atoms with Gasteiger partial charge in [0.2, 0.25) is 0 Å². The lowest BCUT2D eigenvalue weighted by Gasteiger charge is -2.06. The van der Waals surface area contributed by atoms with Crippen molar-refractivity contribution in [1.29, 1.82) is 0 Å². The molecule has 0 aliphatic rings. The van der Waals surface area contributed by atoms with Gasteiger partial charge < -0.3 is 19.6 Å². The van der Waals surface area contributed by atoms with Crippen molar-refractivity contribution in [3.8, 4) is 11.5 Å². The number of phenols is 1. The Morgan fingerprint density at radius 3 is 2.52 bits per heavy atom. The van der Waals surface area contributed by atoms with Gasteiger partial charge in [0.1, 0.15) is 18.1 Å². The molecule has 0 spiro atoms. The summed E-state index contributed by atoms with van der Waals surface area (Å²) in [6.45, 7) is -0.152. The fourth-order valence-electron chi connectivity index (χ4n) is 2.38. The average molecular weight is 399 g/mol. The molecule has 29 heavy (non-hydrogen) atoms. The Labute approximate surface area is 162 Å². The summed E-state index contributed by atoms with van der Waals surface area (Å²) in [5, 5.41) is 33.8. The predicted octanol–water partition coefficient (Wildman–Crippen LogP) is 3.63. The Hall–Kier alpha value is -4.41. The Bertz CT molecular complexity index is 1090. The molecule has 0 aliphatic heterocycles. The van der Waals surface area contributed by atoms with Gasteiger partial charge in [0.25, 0.3) is 11.6 Å². The lowest BCUT2D eigenvalue weighted by Crippen LogP contribution is -2.11. The smallest absolute Gasteiger partial charge is 0.310 e. The van der Waals surface area contributed by atoms with Gasteiger partial charge in [-0.05, 0) is 24.3 Å². The summed E-state index contributed by atoms with van der Waals surface area (Å²) in [5.74, 6) is -0.994. The van der Waals surface area contributed by atoms with Crippen molar-refractivity contribution in [2.75, 3.05) is 5.32 Å². The number of amides is 1. The highest BCUT2D eigenvalue weighted by atomic mass is 16.6. The number of para-hydroxylation sites is 2. The SMILES string of the molecule is O=C(Nc1ccc([N+](=O)[O-])cc1O)c1ccc(COc2ccccc2[N+](=O)[O-])o1. The van der Waals surface area contributed by atoms with Gasteiger partial charge in [0.15, 0.2) is 11.5 Å². The molecule has 0 saturated carbocycles. The van der Waals surface area contributed by atoms with Crippen molar-refractivity contribution in [3.05, 3.63) is 86.3 Å². The van der Waals surface area contributed by atoms with E-state index >= 15 is 0 Å². The largest absolute Gasteiger partial charge is 0.506 e. The normalized spacial score (nSPS) is 10.3. The van der Waals surface area contributed by atoms with Crippen LogP contribution in [-0.4, -0.2) is 20.9 Å². The van der Waals surface area contributed by atoms with Crippen molar-refractivity contribution in [2.24, 2.45) is 0 Å². The molecule has 0 radical (unpaired) electrons. The van der Waals surface area contributed by atoms with Crippen LogP contribution in [0.1, 0.15) is 16.3 Å². The van der Waals surface area contributed by atoms with Gasteiger partial charge >= 0.3 is 5.69 Å². The monoisotopic (exact) mass is 399 g/mol. The van der Waals surface area contributed by atoms with E-state index in [1.54, 1.807) is 6.07 Å². The number of benzene rings is 2. The van der Waals surface area contributed by atoms with Crippen molar-refractivity contribution in [2.45, 2.75) is 6.61 Å². The number of rotatable bonds is 7. The number of hydrogen-bond acceptors (Lipinski definition) is 8. The molecule has 11 nitrogen and oxygen atoms in total. The molecule has 11 heteroatoms. The molecule has 3 aromatic rings. The maximum atomic E-state index is 12.2. The van der Waals surface area contributed by atoms with Crippen molar-refractivity contribution in [3.63, 3.8) is 0 Å².